The smallest absolute Gasteiger partial charge is 0.337 e. The molecule has 0 unspecified atom stereocenters. The number of hydrogen-bond donors (Lipinski definition) is 2. The van der Waals surface area contributed by atoms with Gasteiger partial charge in [0.05, 0.1) is 10.5 Å². The van der Waals surface area contributed by atoms with Crippen molar-refractivity contribution in [1.82, 2.24) is 0 Å². The minimum atomic E-state index is -4.89. The maximum absolute atomic E-state index is 12.4. The first kappa shape index (κ1) is 10.5. The van der Waals surface area contributed by atoms with Crippen LogP contribution in [0.3, 0.4) is 0 Å². The molecule has 14 heavy (non-hydrogen) atoms. The van der Waals surface area contributed by atoms with Crippen molar-refractivity contribution in [1.29, 1.82) is 0 Å². The van der Waals surface area contributed by atoms with E-state index >= 15 is 0 Å². The number of benzene rings is 1. The standard InChI is InChI=1S/C7H6FNO4S/c8-14(12,13)4-1-2-6(9)5(3-4)7(10)11/h1-3H,9H2,(H,10,11). The third kappa shape index (κ3) is 1.99. The number of nitrogens with two attached hydrogens (primary N) is 1. The van der Waals surface area contributed by atoms with Crippen molar-refractivity contribution in [2.75, 3.05) is 5.73 Å². The molecule has 0 fully saturated rings. The Morgan fingerprint density at radius 2 is 2.00 bits per heavy atom. The van der Waals surface area contributed by atoms with Crippen LogP contribution in [-0.4, -0.2) is 19.5 Å². The number of carbonyl (C=O) groups is 1. The lowest BCUT2D eigenvalue weighted by Gasteiger charge is -2.01. The second kappa shape index (κ2) is 3.26. The molecule has 76 valence electrons. The highest BCUT2D eigenvalue weighted by molar-refractivity contribution is 7.86. The molecule has 1 aromatic rings. The Kier molecular flexibility index (Phi) is 2.43. The third-order valence-electron chi connectivity index (χ3n) is 1.54. The van der Waals surface area contributed by atoms with Crippen LogP contribution in [0.25, 0.3) is 0 Å². The van der Waals surface area contributed by atoms with E-state index in [1.165, 1.54) is 0 Å². The summed E-state index contributed by atoms with van der Waals surface area (Å²) >= 11 is 0. The average molecular weight is 219 g/mol. The van der Waals surface area contributed by atoms with Crippen LogP contribution in [0, 0.1) is 0 Å². The van der Waals surface area contributed by atoms with E-state index in [0.717, 1.165) is 12.1 Å². The van der Waals surface area contributed by atoms with E-state index < -0.39 is 26.7 Å². The molecule has 3 N–H and O–H groups in total. The largest absolute Gasteiger partial charge is 0.478 e. The summed E-state index contributed by atoms with van der Waals surface area (Å²) in [6.45, 7) is 0. The molecule has 0 aromatic heterocycles. The van der Waals surface area contributed by atoms with Crippen LogP contribution in [0.2, 0.25) is 0 Å². The first-order valence-electron chi connectivity index (χ1n) is 3.40. The second-order valence-electron chi connectivity index (χ2n) is 2.49. The zero-order valence-electron chi connectivity index (χ0n) is 6.77. The van der Waals surface area contributed by atoms with Crippen molar-refractivity contribution in [3.63, 3.8) is 0 Å². The highest BCUT2D eigenvalue weighted by atomic mass is 32.3. The lowest BCUT2D eigenvalue weighted by atomic mass is 10.2. The number of anilines is 1. The molecular formula is C7H6FNO4S. The van der Waals surface area contributed by atoms with E-state index in [1.807, 2.05) is 0 Å². The molecule has 1 aromatic carbocycles. The van der Waals surface area contributed by atoms with Crippen molar-refractivity contribution < 1.29 is 22.2 Å². The Balaban J connectivity index is 3.42. The summed E-state index contributed by atoms with van der Waals surface area (Å²) in [7, 11) is -4.89. The van der Waals surface area contributed by atoms with Gasteiger partial charge in [0.2, 0.25) is 0 Å². The normalized spacial score (nSPS) is 11.2. The summed E-state index contributed by atoms with van der Waals surface area (Å²) in [5.74, 6) is -1.41. The average Bonchev–Trinajstić information content (AvgIpc) is 2.02. The molecule has 0 aliphatic rings. The summed E-state index contributed by atoms with van der Waals surface area (Å²) in [4.78, 5) is 9.79. The van der Waals surface area contributed by atoms with Crippen LogP contribution in [0.15, 0.2) is 23.1 Å². The minimum Gasteiger partial charge on any atom is -0.478 e. The maximum atomic E-state index is 12.4. The van der Waals surface area contributed by atoms with Gasteiger partial charge in [0.15, 0.2) is 0 Å². The van der Waals surface area contributed by atoms with Gasteiger partial charge < -0.3 is 10.8 Å². The summed E-state index contributed by atoms with van der Waals surface area (Å²) < 4.78 is 33.3. The van der Waals surface area contributed by atoms with Gasteiger partial charge in [-0.2, -0.15) is 8.42 Å². The molecule has 0 bridgehead atoms. The number of rotatable bonds is 2. The zero-order valence-corrected chi connectivity index (χ0v) is 7.58. The van der Waals surface area contributed by atoms with Crippen molar-refractivity contribution in [2.24, 2.45) is 0 Å². The van der Waals surface area contributed by atoms with E-state index in [1.54, 1.807) is 0 Å². The summed E-state index contributed by atoms with van der Waals surface area (Å²) in [5.41, 5.74) is 4.67. The van der Waals surface area contributed by atoms with Gasteiger partial charge in [-0.15, -0.1) is 3.89 Å². The van der Waals surface area contributed by atoms with Crippen molar-refractivity contribution in [3.05, 3.63) is 23.8 Å². The predicted molar refractivity (Wildman–Crippen MR) is 46.1 cm³/mol. The van der Waals surface area contributed by atoms with Crippen LogP contribution in [0.5, 0.6) is 0 Å². The van der Waals surface area contributed by atoms with E-state index in [9.17, 15) is 17.1 Å². The molecule has 0 radical (unpaired) electrons. The van der Waals surface area contributed by atoms with Gasteiger partial charge >= 0.3 is 16.2 Å². The minimum absolute atomic E-state index is 0.120. The van der Waals surface area contributed by atoms with E-state index in [0.29, 0.717) is 6.07 Å². The number of aromatic carboxylic acids is 1. The topological polar surface area (TPSA) is 97.5 Å². The Labute approximate surface area is 79.2 Å². The summed E-state index contributed by atoms with van der Waals surface area (Å²) in [6, 6.07) is 2.60. The van der Waals surface area contributed by atoms with Gasteiger partial charge in [-0.3, -0.25) is 0 Å². The monoisotopic (exact) mass is 219 g/mol. The number of carboxylic acid groups (broad SMARTS) is 1. The highest BCUT2D eigenvalue weighted by Gasteiger charge is 2.16. The molecule has 0 saturated heterocycles. The first-order valence-corrected chi connectivity index (χ1v) is 4.78. The van der Waals surface area contributed by atoms with Gasteiger partial charge in [0, 0.05) is 5.69 Å². The molecule has 0 spiro atoms. The first-order chi connectivity index (χ1) is 6.32. The molecule has 1 rings (SSSR count). The van der Waals surface area contributed by atoms with Crippen LogP contribution in [0.1, 0.15) is 10.4 Å². The Hall–Kier alpha value is -1.63. The summed E-state index contributed by atoms with van der Waals surface area (Å²) in [5, 5.41) is 8.56. The fourth-order valence-corrected chi connectivity index (χ4v) is 1.36. The number of halogens is 1. The molecule has 0 atom stereocenters. The van der Waals surface area contributed by atoms with Crippen LogP contribution in [0.4, 0.5) is 9.57 Å². The molecule has 0 amide bonds. The van der Waals surface area contributed by atoms with E-state index in [-0.39, 0.29) is 5.69 Å². The van der Waals surface area contributed by atoms with Crippen molar-refractivity contribution >= 4 is 21.9 Å². The number of nitrogen functional groups attached to an aromatic ring is 1. The SMILES string of the molecule is Nc1ccc(S(=O)(=O)F)cc1C(=O)O. The molecule has 0 aliphatic heterocycles. The fraction of sp³-hybridized carbons (Fsp3) is 0. The van der Waals surface area contributed by atoms with Crippen LogP contribution >= 0.6 is 0 Å². The quantitative estimate of drug-likeness (QED) is 0.561. The van der Waals surface area contributed by atoms with E-state index in [4.69, 9.17) is 10.8 Å². The molecule has 0 heterocycles. The third-order valence-corrected chi connectivity index (χ3v) is 2.35. The van der Waals surface area contributed by atoms with E-state index in [2.05, 4.69) is 0 Å². The molecule has 5 nitrogen and oxygen atoms in total. The summed E-state index contributed by atoms with van der Waals surface area (Å²) in [6.07, 6.45) is 0. The lowest BCUT2D eigenvalue weighted by Crippen LogP contribution is -2.04. The highest BCUT2D eigenvalue weighted by Crippen LogP contribution is 2.19. The van der Waals surface area contributed by atoms with Gasteiger partial charge in [-0.25, -0.2) is 4.79 Å². The molecule has 0 aliphatic carbocycles. The van der Waals surface area contributed by atoms with Gasteiger partial charge in [0.1, 0.15) is 0 Å². The van der Waals surface area contributed by atoms with Crippen molar-refractivity contribution in [3.8, 4) is 0 Å². The van der Waals surface area contributed by atoms with Gasteiger partial charge in [-0.05, 0) is 18.2 Å². The molecule has 7 heteroatoms. The second-order valence-corrected chi connectivity index (χ2v) is 3.84. The van der Waals surface area contributed by atoms with Crippen LogP contribution < -0.4 is 5.73 Å². The van der Waals surface area contributed by atoms with Gasteiger partial charge in [0.25, 0.3) is 0 Å². The Bertz CT molecular complexity index is 482. The number of hydrogen-bond acceptors (Lipinski definition) is 4. The predicted octanol–water partition coefficient (Wildman–Crippen LogP) is 0.625. The Morgan fingerprint density at radius 3 is 2.43 bits per heavy atom. The van der Waals surface area contributed by atoms with Gasteiger partial charge in [-0.1, -0.05) is 0 Å². The maximum Gasteiger partial charge on any atom is 0.337 e. The van der Waals surface area contributed by atoms with Crippen molar-refractivity contribution in [2.45, 2.75) is 4.90 Å². The fourth-order valence-electron chi connectivity index (χ4n) is 0.872. The van der Waals surface area contributed by atoms with Crippen LogP contribution in [-0.2, 0) is 10.2 Å². The molecule has 0 saturated carbocycles. The zero-order chi connectivity index (χ0) is 10.9. The Morgan fingerprint density at radius 1 is 1.43 bits per heavy atom. The molecular weight excluding hydrogens is 213 g/mol. The lowest BCUT2D eigenvalue weighted by molar-refractivity contribution is 0.0698. The number of carboxylic acids is 1.